The molecule has 4 heterocycles. The van der Waals surface area contributed by atoms with Crippen LogP contribution < -0.4 is 10.3 Å². The fourth-order valence-corrected chi connectivity index (χ4v) is 5.97. The molecule has 2 aliphatic rings. The minimum Gasteiger partial charge on any atom is -0.353 e. The number of hydrogen-bond donors (Lipinski definition) is 1. The van der Waals surface area contributed by atoms with Crippen molar-refractivity contribution in [2.45, 2.75) is 39.2 Å². The summed E-state index contributed by atoms with van der Waals surface area (Å²) >= 11 is 12.7. The van der Waals surface area contributed by atoms with E-state index in [1.807, 2.05) is 31.6 Å². The lowest BCUT2D eigenvalue weighted by Crippen LogP contribution is -2.51. The summed E-state index contributed by atoms with van der Waals surface area (Å²) in [5.41, 5.74) is 8.17. The van der Waals surface area contributed by atoms with E-state index in [0.29, 0.717) is 16.5 Å². The number of pyridine rings is 1. The standard InChI is InChI=1S/C29H37Cl2N7/c1-3-21-4-6-36(7-5-21)20-22-12-26(35-28(13-22)23-14-24(30)16-25(31)15-23)17-27-18-34-29(19-33-27)37-8-10-38(32-2)11-9-37/h12-16,18-19,21,32H,3-11,17,20H2,1-2H3. The lowest BCUT2D eigenvalue weighted by Gasteiger charge is -2.34. The fraction of sp³-hybridized carbons (Fsp3) is 0.483. The van der Waals surface area contributed by atoms with Crippen LogP contribution in [0.15, 0.2) is 42.7 Å². The van der Waals surface area contributed by atoms with Crippen molar-refractivity contribution in [3.63, 3.8) is 0 Å². The maximum Gasteiger partial charge on any atom is 0.147 e. The molecule has 0 aliphatic carbocycles. The second-order valence-corrected chi connectivity index (χ2v) is 11.3. The van der Waals surface area contributed by atoms with Crippen molar-refractivity contribution in [1.82, 2.24) is 30.3 Å². The van der Waals surface area contributed by atoms with Crippen LogP contribution in [0.1, 0.15) is 43.1 Å². The lowest BCUT2D eigenvalue weighted by atomic mass is 9.94. The van der Waals surface area contributed by atoms with Crippen LogP contribution in [0.2, 0.25) is 10.0 Å². The molecule has 7 nitrogen and oxygen atoms in total. The highest BCUT2D eigenvalue weighted by Gasteiger charge is 2.20. The number of nitrogens with one attached hydrogen (secondary N) is 1. The number of hydrazine groups is 1. The quantitative estimate of drug-likeness (QED) is 0.405. The molecular weight excluding hydrogens is 517 g/mol. The summed E-state index contributed by atoms with van der Waals surface area (Å²) in [6.07, 6.45) is 8.23. The molecule has 1 N–H and O–H groups in total. The van der Waals surface area contributed by atoms with Gasteiger partial charge in [-0.15, -0.1) is 0 Å². The summed E-state index contributed by atoms with van der Waals surface area (Å²) < 4.78 is 0. The Balaban J connectivity index is 1.35. The van der Waals surface area contributed by atoms with Crippen molar-refractivity contribution in [1.29, 1.82) is 0 Å². The molecule has 0 unspecified atom stereocenters. The van der Waals surface area contributed by atoms with Gasteiger partial charge in [0.2, 0.25) is 0 Å². The third-order valence-corrected chi connectivity index (χ3v) is 8.20. The molecule has 2 aliphatic heterocycles. The van der Waals surface area contributed by atoms with Gasteiger partial charge in [0.15, 0.2) is 0 Å². The Bertz CT molecular complexity index is 1180. The highest BCUT2D eigenvalue weighted by molar-refractivity contribution is 6.35. The van der Waals surface area contributed by atoms with Crippen molar-refractivity contribution >= 4 is 29.0 Å². The van der Waals surface area contributed by atoms with Gasteiger partial charge in [-0.05, 0) is 74.8 Å². The second kappa shape index (κ2) is 12.7. The van der Waals surface area contributed by atoms with Crippen molar-refractivity contribution in [3.05, 3.63) is 69.7 Å². The van der Waals surface area contributed by atoms with Gasteiger partial charge in [-0.25, -0.2) is 9.99 Å². The summed E-state index contributed by atoms with van der Waals surface area (Å²) in [5, 5.41) is 3.44. The fourth-order valence-electron chi connectivity index (χ4n) is 5.44. The number of rotatable bonds is 8. The number of piperidine rings is 1. The van der Waals surface area contributed by atoms with Gasteiger partial charge in [0.1, 0.15) is 5.82 Å². The number of anilines is 1. The van der Waals surface area contributed by atoms with Crippen LogP contribution in [0.25, 0.3) is 11.3 Å². The minimum absolute atomic E-state index is 0.611. The number of halogens is 2. The van der Waals surface area contributed by atoms with Crippen molar-refractivity contribution in [2.75, 3.05) is 51.2 Å². The van der Waals surface area contributed by atoms with Crippen LogP contribution >= 0.6 is 23.2 Å². The Morgan fingerprint density at radius 1 is 0.868 bits per heavy atom. The van der Waals surface area contributed by atoms with Crippen LogP contribution in [-0.2, 0) is 13.0 Å². The van der Waals surface area contributed by atoms with Crippen LogP contribution in [0.3, 0.4) is 0 Å². The SMILES string of the molecule is CCC1CCN(Cc2cc(Cc3cnc(N4CCN(NC)CC4)cn3)nc(-c3cc(Cl)cc(Cl)c3)c2)CC1. The molecule has 0 bridgehead atoms. The summed E-state index contributed by atoms with van der Waals surface area (Å²) in [7, 11) is 1.97. The molecule has 9 heteroatoms. The molecule has 2 aromatic heterocycles. The molecular formula is C29H37Cl2N7. The van der Waals surface area contributed by atoms with Crippen molar-refractivity contribution in [2.24, 2.45) is 5.92 Å². The summed E-state index contributed by atoms with van der Waals surface area (Å²) in [6, 6.07) is 10.0. The molecule has 0 radical (unpaired) electrons. The first-order valence-corrected chi connectivity index (χ1v) is 14.4. The Hall–Kier alpha value is -2.29. The van der Waals surface area contributed by atoms with E-state index >= 15 is 0 Å². The van der Waals surface area contributed by atoms with E-state index in [-0.39, 0.29) is 0 Å². The van der Waals surface area contributed by atoms with Crippen LogP contribution in [-0.4, -0.2) is 71.2 Å². The zero-order chi connectivity index (χ0) is 26.5. The van der Waals surface area contributed by atoms with Gasteiger partial charge in [-0.1, -0.05) is 36.5 Å². The summed E-state index contributed by atoms with van der Waals surface area (Å²) in [4.78, 5) is 19.3. The maximum absolute atomic E-state index is 6.34. The largest absolute Gasteiger partial charge is 0.353 e. The monoisotopic (exact) mass is 553 g/mol. The molecule has 0 amide bonds. The van der Waals surface area contributed by atoms with Gasteiger partial charge in [0.25, 0.3) is 0 Å². The van der Waals surface area contributed by atoms with E-state index in [1.165, 1.54) is 24.8 Å². The molecule has 2 fully saturated rings. The minimum atomic E-state index is 0.611. The smallest absolute Gasteiger partial charge is 0.147 e. The third kappa shape index (κ3) is 7.01. The number of aromatic nitrogens is 3. The van der Waals surface area contributed by atoms with Gasteiger partial charge in [0.05, 0.1) is 23.8 Å². The normalized spacial score (nSPS) is 17.7. The molecule has 202 valence electrons. The van der Waals surface area contributed by atoms with Crippen molar-refractivity contribution in [3.8, 4) is 11.3 Å². The molecule has 38 heavy (non-hydrogen) atoms. The number of nitrogens with zero attached hydrogens (tertiary/aromatic N) is 6. The van der Waals surface area contributed by atoms with Gasteiger partial charge < -0.3 is 4.90 Å². The number of hydrogen-bond acceptors (Lipinski definition) is 7. The second-order valence-electron chi connectivity index (χ2n) is 10.4. The molecule has 0 atom stereocenters. The number of benzene rings is 1. The van der Waals surface area contributed by atoms with Gasteiger partial charge in [0, 0.05) is 60.4 Å². The van der Waals surface area contributed by atoms with E-state index in [4.69, 9.17) is 38.2 Å². The zero-order valence-electron chi connectivity index (χ0n) is 22.3. The first-order valence-electron chi connectivity index (χ1n) is 13.7. The average molecular weight is 555 g/mol. The van der Waals surface area contributed by atoms with E-state index < -0.39 is 0 Å². The molecule has 1 aromatic carbocycles. The molecule has 5 rings (SSSR count). The Labute approximate surface area is 236 Å². The highest BCUT2D eigenvalue weighted by Crippen LogP contribution is 2.29. The van der Waals surface area contributed by atoms with E-state index in [0.717, 1.165) is 80.2 Å². The van der Waals surface area contributed by atoms with Crippen LogP contribution in [0, 0.1) is 5.92 Å². The molecule has 2 saturated heterocycles. The Kier molecular flexibility index (Phi) is 9.12. The molecule has 3 aromatic rings. The first kappa shape index (κ1) is 27.3. The average Bonchev–Trinajstić information content (AvgIpc) is 2.93. The maximum atomic E-state index is 6.34. The predicted molar refractivity (Wildman–Crippen MR) is 156 cm³/mol. The lowest BCUT2D eigenvalue weighted by molar-refractivity contribution is 0.175. The van der Waals surface area contributed by atoms with Gasteiger partial charge in [-0.2, -0.15) is 0 Å². The van der Waals surface area contributed by atoms with Crippen LogP contribution in [0.5, 0.6) is 0 Å². The summed E-state index contributed by atoms with van der Waals surface area (Å²) in [6.45, 7) is 9.28. The zero-order valence-corrected chi connectivity index (χ0v) is 23.8. The van der Waals surface area contributed by atoms with Crippen molar-refractivity contribution < 1.29 is 0 Å². The van der Waals surface area contributed by atoms with E-state index in [2.05, 4.69) is 39.3 Å². The molecule has 0 spiro atoms. The Morgan fingerprint density at radius 3 is 2.24 bits per heavy atom. The van der Waals surface area contributed by atoms with E-state index in [9.17, 15) is 0 Å². The van der Waals surface area contributed by atoms with E-state index in [1.54, 1.807) is 6.07 Å². The van der Waals surface area contributed by atoms with Gasteiger partial charge in [-0.3, -0.25) is 20.3 Å². The molecule has 0 saturated carbocycles. The van der Waals surface area contributed by atoms with Gasteiger partial charge >= 0.3 is 0 Å². The Morgan fingerprint density at radius 2 is 1.61 bits per heavy atom. The predicted octanol–water partition coefficient (Wildman–Crippen LogP) is 5.31. The topological polar surface area (TPSA) is 60.4 Å². The third-order valence-electron chi connectivity index (χ3n) is 7.76. The highest BCUT2D eigenvalue weighted by atomic mass is 35.5. The number of piperazine rings is 1. The first-order chi connectivity index (χ1) is 18.5. The van der Waals surface area contributed by atoms with Crippen LogP contribution in [0.4, 0.5) is 5.82 Å². The number of likely N-dealkylation sites (tertiary alicyclic amines) is 1. The summed E-state index contributed by atoms with van der Waals surface area (Å²) in [5.74, 6) is 1.79.